The standard InChI is InChI=1S/C49H98NO7P/c1-3-5-7-9-11-13-15-17-19-20-21-22-23-24-25-26-27-28-30-32-34-36-38-40-42-49(51)57-48(47-56-58(52,53)55-45-43-50)46-54-44-41-39-37-35-33-31-29-18-16-14-12-10-8-6-4-2/h16,18,48H,3-15,17,19-47,50H2,1-2H3,(H,52,53)/b18-16-. The molecule has 346 valence electrons. The molecule has 0 heterocycles. The van der Waals surface area contributed by atoms with Crippen LogP contribution < -0.4 is 5.73 Å². The molecular formula is C49H98NO7P. The third-order valence-electron chi connectivity index (χ3n) is 11.2. The Kier molecular flexibility index (Phi) is 46.7. The Balaban J connectivity index is 3.87. The second-order valence-electron chi connectivity index (χ2n) is 17.0. The summed E-state index contributed by atoms with van der Waals surface area (Å²) in [7, 11) is -4.28. The van der Waals surface area contributed by atoms with E-state index in [0.29, 0.717) is 13.0 Å². The Labute approximate surface area is 360 Å². The maximum Gasteiger partial charge on any atom is 0.472 e. The number of carbonyl (C=O) groups excluding carboxylic acids is 1. The second-order valence-corrected chi connectivity index (χ2v) is 18.5. The summed E-state index contributed by atoms with van der Waals surface area (Å²) in [5, 5.41) is 0. The molecule has 0 aromatic rings. The minimum Gasteiger partial charge on any atom is -0.457 e. The van der Waals surface area contributed by atoms with Crippen LogP contribution >= 0.6 is 7.82 Å². The molecule has 0 aliphatic rings. The van der Waals surface area contributed by atoms with Crippen LogP contribution in [0, 0.1) is 0 Å². The summed E-state index contributed by atoms with van der Waals surface area (Å²) in [5.74, 6) is -0.325. The molecule has 0 aromatic heterocycles. The highest BCUT2D eigenvalue weighted by atomic mass is 31.2. The van der Waals surface area contributed by atoms with Crippen molar-refractivity contribution in [1.82, 2.24) is 0 Å². The van der Waals surface area contributed by atoms with Gasteiger partial charge in [0.05, 0.1) is 19.8 Å². The second kappa shape index (κ2) is 47.3. The van der Waals surface area contributed by atoms with E-state index in [1.807, 2.05) is 0 Å². The Morgan fingerprint density at radius 2 is 0.862 bits per heavy atom. The summed E-state index contributed by atoms with van der Waals surface area (Å²) in [6.07, 6.45) is 52.5. The summed E-state index contributed by atoms with van der Waals surface area (Å²) >= 11 is 0. The normalized spacial score (nSPS) is 13.4. The Morgan fingerprint density at radius 1 is 0.500 bits per heavy atom. The third kappa shape index (κ3) is 46.3. The fourth-order valence-corrected chi connectivity index (χ4v) is 8.23. The van der Waals surface area contributed by atoms with E-state index in [4.69, 9.17) is 24.3 Å². The van der Waals surface area contributed by atoms with E-state index in [1.54, 1.807) is 0 Å². The van der Waals surface area contributed by atoms with Gasteiger partial charge in [-0.05, 0) is 38.5 Å². The Morgan fingerprint density at radius 3 is 1.26 bits per heavy atom. The van der Waals surface area contributed by atoms with E-state index in [0.717, 1.165) is 32.1 Å². The van der Waals surface area contributed by atoms with E-state index in [1.165, 1.54) is 205 Å². The maximum absolute atomic E-state index is 12.6. The summed E-state index contributed by atoms with van der Waals surface area (Å²) in [6, 6.07) is 0. The molecule has 9 heteroatoms. The van der Waals surface area contributed by atoms with Crippen molar-refractivity contribution < 1.29 is 32.8 Å². The smallest absolute Gasteiger partial charge is 0.457 e. The zero-order valence-corrected chi connectivity index (χ0v) is 39.5. The molecule has 0 rings (SSSR count). The van der Waals surface area contributed by atoms with Gasteiger partial charge in [-0.1, -0.05) is 225 Å². The molecule has 0 amide bonds. The van der Waals surface area contributed by atoms with Crippen molar-refractivity contribution >= 4 is 13.8 Å². The number of nitrogens with two attached hydrogens (primary N) is 1. The lowest BCUT2D eigenvalue weighted by Gasteiger charge is -2.20. The maximum atomic E-state index is 12.6. The molecule has 2 unspecified atom stereocenters. The quantitative estimate of drug-likeness (QED) is 0.0269. The summed E-state index contributed by atoms with van der Waals surface area (Å²) in [6.45, 7) is 4.96. The first-order valence-electron chi connectivity index (χ1n) is 25.2. The minimum absolute atomic E-state index is 0.0931. The number of unbranched alkanes of at least 4 members (excludes halogenated alkanes) is 34. The first-order chi connectivity index (χ1) is 28.4. The highest BCUT2D eigenvalue weighted by Crippen LogP contribution is 2.43. The van der Waals surface area contributed by atoms with Crippen molar-refractivity contribution in [2.45, 2.75) is 264 Å². The van der Waals surface area contributed by atoms with Gasteiger partial charge < -0.3 is 20.1 Å². The molecule has 2 atom stereocenters. The van der Waals surface area contributed by atoms with Crippen molar-refractivity contribution in [2.75, 3.05) is 33.0 Å². The molecule has 0 bridgehead atoms. The number of carbonyl (C=O) groups is 1. The average molecular weight is 844 g/mol. The van der Waals surface area contributed by atoms with E-state index >= 15 is 0 Å². The van der Waals surface area contributed by atoms with Gasteiger partial charge in [0.1, 0.15) is 6.10 Å². The van der Waals surface area contributed by atoms with E-state index in [9.17, 15) is 14.3 Å². The molecule has 3 N–H and O–H groups in total. The predicted octanol–water partition coefficient (Wildman–Crippen LogP) is 15.4. The molecule has 0 saturated carbocycles. The predicted molar refractivity (Wildman–Crippen MR) is 247 cm³/mol. The van der Waals surface area contributed by atoms with E-state index in [2.05, 4.69) is 26.0 Å². The van der Waals surface area contributed by atoms with Crippen LogP contribution in [0.5, 0.6) is 0 Å². The number of esters is 1. The number of hydrogen-bond acceptors (Lipinski definition) is 7. The van der Waals surface area contributed by atoms with Gasteiger partial charge in [0.25, 0.3) is 0 Å². The number of phosphoric acid groups is 1. The van der Waals surface area contributed by atoms with Gasteiger partial charge in [-0.25, -0.2) is 4.57 Å². The molecule has 0 radical (unpaired) electrons. The zero-order chi connectivity index (χ0) is 42.3. The number of ether oxygens (including phenoxy) is 2. The zero-order valence-electron chi connectivity index (χ0n) is 38.6. The van der Waals surface area contributed by atoms with Crippen molar-refractivity contribution in [3.05, 3.63) is 12.2 Å². The van der Waals surface area contributed by atoms with E-state index in [-0.39, 0.29) is 32.3 Å². The highest BCUT2D eigenvalue weighted by Gasteiger charge is 2.25. The lowest BCUT2D eigenvalue weighted by Crippen LogP contribution is -2.28. The van der Waals surface area contributed by atoms with Gasteiger partial charge in [-0.15, -0.1) is 0 Å². The van der Waals surface area contributed by atoms with Crippen LogP contribution in [0.15, 0.2) is 12.2 Å². The molecule has 0 saturated heterocycles. The average Bonchev–Trinajstić information content (AvgIpc) is 3.21. The lowest BCUT2D eigenvalue weighted by atomic mass is 10.0. The van der Waals surface area contributed by atoms with Crippen LogP contribution in [0.4, 0.5) is 0 Å². The van der Waals surface area contributed by atoms with Crippen LogP contribution in [0.1, 0.15) is 258 Å². The summed E-state index contributed by atoms with van der Waals surface area (Å²) in [4.78, 5) is 22.6. The van der Waals surface area contributed by atoms with Gasteiger partial charge in [0, 0.05) is 19.6 Å². The number of rotatable bonds is 49. The van der Waals surface area contributed by atoms with E-state index < -0.39 is 13.9 Å². The summed E-state index contributed by atoms with van der Waals surface area (Å²) in [5.41, 5.74) is 5.38. The van der Waals surface area contributed by atoms with Gasteiger partial charge >= 0.3 is 13.8 Å². The van der Waals surface area contributed by atoms with Crippen molar-refractivity contribution in [2.24, 2.45) is 5.73 Å². The topological polar surface area (TPSA) is 117 Å². The fraction of sp³-hybridized carbons (Fsp3) is 0.939. The number of phosphoric ester groups is 1. The molecular weight excluding hydrogens is 746 g/mol. The first kappa shape index (κ1) is 57.2. The van der Waals surface area contributed by atoms with Gasteiger partial charge in [0.2, 0.25) is 0 Å². The molecule has 0 aliphatic carbocycles. The monoisotopic (exact) mass is 844 g/mol. The van der Waals surface area contributed by atoms with Crippen LogP contribution in [0.2, 0.25) is 0 Å². The van der Waals surface area contributed by atoms with Crippen molar-refractivity contribution in [3.63, 3.8) is 0 Å². The minimum atomic E-state index is -4.28. The highest BCUT2D eigenvalue weighted by molar-refractivity contribution is 7.47. The number of allylic oxidation sites excluding steroid dienone is 2. The molecule has 58 heavy (non-hydrogen) atoms. The van der Waals surface area contributed by atoms with Gasteiger partial charge in [0.15, 0.2) is 0 Å². The van der Waals surface area contributed by atoms with Crippen LogP contribution in [0.3, 0.4) is 0 Å². The first-order valence-corrected chi connectivity index (χ1v) is 26.7. The van der Waals surface area contributed by atoms with Crippen molar-refractivity contribution in [1.29, 1.82) is 0 Å². The lowest BCUT2D eigenvalue weighted by molar-refractivity contribution is -0.154. The Bertz CT molecular complexity index is 904. The largest absolute Gasteiger partial charge is 0.472 e. The molecule has 8 nitrogen and oxygen atoms in total. The molecule has 0 fully saturated rings. The van der Waals surface area contributed by atoms with Gasteiger partial charge in [-0.3, -0.25) is 13.8 Å². The molecule has 0 aromatic carbocycles. The fourth-order valence-electron chi connectivity index (χ4n) is 7.46. The Hall–Kier alpha value is -0.760. The third-order valence-corrected chi connectivity index (χ3v) is 12.2. The molecule has 0 aliphatic heterocycles. The summed E-state index contributed by atoms with van der Waals surface area (Å²) < 4.78 is 33.5. The molecule has 0 spiro atoms. The van der Waals surface area contributed by atoms with Gasteiger partial charge in [-0.2, -0.15) is 0 Å². The van der Waals surface area contributed by atoms with Crippen LogP contribution in [0.25, 0.3) is 0 Å². The number of hydrogen-bond donors (Lipinski definition) is 2. The van der Waals surface area contributed by atoms with Crippen molar-refractivity contribution in [3.8, 4) is 0 Å². The SMILES string of the molecule is CCCCCCC/C=C\CCCCCCCCOCC(COP(=O)(O)OCCN)OC(=O)CCCCCCCCCCCCCCCCCCCCCCCCCC. The van der Waals surface area contributed by atoms with Crippen LogP contribution in [-0.2, 0) is 27.9 Å². The van der Waals surface area contributed by atoms with Crippen LogP contribution in [-0.4, -0.2) is 49.9 Å².